The Bertz CT molecular complexity index is 607. The van der Waals surface area contributed by atoms with Crippen LogP contribution in [0.1, 0.15) is 23.5 Å². The predicted octanol–water partition coefficient (Wildman–Crippen LogP) is 3.48. The van der Waals surface area contributed by atoms with Gasteiger partial charge in [0.25, 0.3) is 0 Å². The summed E-state index contributed by atoms with van der Waals surface area (Å²) in [7, 11) is 0. The molecule has 19 heavy (non-hydrogen) atoms. The molecule has 5 heteroatoms. The molecule has 1 aromatic heterocycles. The van der Waals surface area contributed by atoms with E-state index in [-0.39, 0.29) is 16.8 Å². The summed E-state index contributed by atoms with van der Waals surface area (Å²) in [5.74, 6) is 0.362. The standard InChI is InChI=1S/C14H13FO3S/c1-9(10-2-4-11(15)5-3-10)19-8-12-6-13(16)14(17)7-18-12/h2-7,9,17H,8H2,1H3/t9-/m1/s1. The SMILES string of the molecule is C[C@@H](SCc1cc(=O)c(O)co1)c1ccc(F)cc1. The fraction of sp³-hybridized carbons (Fsp3) is 0.214. The van der Waals surface area contributed by atoms with Crippen molar-refractivity contribution < 1.29 is 13.9 Å². The van der Waals surface area contributed by atoms with Crippen LogP contribution in [0, 0.1) is 5.82 Å². The molecule has 0 fully saturated rings. The van der Waals surface area contributed by atoms with Gasteiger partial charge < -0.3 is 9.52 Å². The molecule has 100 valence electrons. The highest BCUT2D eigenvalue weighted by Crippen LogP contribution is 2.30. The van der Waals surface area contributed by atoms with E-state index in [1.807, 2.05) is 6.92 Å². The smallest absolute Gasteiger partial charge is 0.226 e. The molecule has 0 unspecified atom stereocenters. The Balaban J connectivity index is 2.00. The van der Waals surface area contributed by atoms with Gasteiger partial charge in [0.1, 0.15) is 17.8 Å². The van der Waals surface area contributed by atoms with Crippen LogP contribution in [-0.4, -0.2) is 5.11 Å². The Kier molecular flexibility index (Phi) is 4.27. The van der Waals surface area contributed by atoms with E-state index in [2.05, 4.69) is 0 Å². The third-order valence-corrected chi connectivity index (χ3v) is 3.90. The van der Waals surface area contributed by atoms with Gasteiger partial charge in [-0.3, -0.25) is 4.79 Å². The molecule has 0 saturated carbocycles. The van der Waals surface area contributed by atoms with Gasteiger partial charge in [0.05, 0.1) is 5.75 Å². The summed E-state index contributed by atoms with van der Waals surface area (Å²) in [6, 6.07) is 7.60. The van der Waals surface area contributed by atoms with Crippen LogP contribution < -0.4 is 5.43 Å². The second-order valence-corrected chi connectivity index (χ2v) is 5.43. The van der Waals surface area contributed by atoms with Gasteiger partial charge in [-0.05, 0) is 24.6 Å². The molecule has 0 saturated heterocycles. The molecule has 1 N–H and O–H groups in total. The number of thioether (sulfide) groups is 1. The van der Waals surface area contributed by atoms with Crippen molar-refractivity contribution in [3.63, 3.8) is 0 Å². The van der Waals surface area contributed by atoms with Gasteiger partial charge in [-0.1, -0.05) is 12.1 Å². The quantitative estimate of drug-likeness (QED) is 0.931. The molecule has 1 heterocycles. The molecule has 0 radical (unpaired) electrons. The molecule has 3 nitrogen and oxygen atoms in total. The van der Waals surface area contributed by atoms with Crippen molar-refractivity contribution in [3.8, 4) is 5.75 Å². The zero-order valence-electron chi connectivity index (χ0n) is 10.3. The highest BCUT2D eigenvalue weighted by molar-refractivity contribution is 7.98. The maximum atomic E-state index is 12.8. The molecule has 0 aliphatic heterocycles. The van der Waals surface area contributed by atoms with Crippen molar-refractivity contribution in [2.24, 2.45) is 0 Å². The number of rotatable bonds is 4. The summed E-state index contributed by atoms with van der Waals surface area (Å²) < 4.78 is 17.9. The average molecular weight is 280 g/mol. The molecule has 2 aromatic rings. The minimum absolute atomic E-state index is 0.153. The van der Waals surface area contributed by atoms with Crippen LogP contribution in [0.3, 0.4) is 0 Å². The van der Waals surface area contributed by atoms with Gasteiger partial charge in [-0.2, -0.15) is 0 Å². The lowest BCUT2D eigenvalue weighted by Gasteiger charge is -2.11. The lowest BCUT2D eigenvalue weighted by Crippen LogP contribution is -1.99. The second kappa shape index (κ2) is 5.93. The average Bonchev–Trinajstić information content (AvgIpc) is 2.40. The molecular weight excluding hydrogens is 267 g/mol. The minimum atomic E-state index is -0.448. The topological polar surface area (TPSA) is 50.4 Å². The molecule has 0 bridgehead atoms. The first-order valence-electron chi connectivity index (χ1n) is 5.74. The predicted molar refractivity (Wildman–Crippen MR) is 72.8 cm³/mol. The van der Waals surface area contributed by atoms with Crippen LogP contribution >= 0.6 is 11.8 Å². The van der Waals surface area contributed by atoms with Crippen molar-refractivity contribution in [2.75, 3.05) is 0 Å². The van der Waals surface area contributed by atoms with Gasteiger partial charge in [-0.25, -0.2) is 4.39 Å². The van der Waals surface area contributed by atoms with E-state index >= 15 is 0 Å². The van der Waals surface area contributed by atoms with Gasteiger partial charge in [0.15, 0.2) is 5.75 Å². The lowest BCUT2D eigenvalue weighted by atomic mass is 10.2. The molecule has 0 spiro atoms. The normalized spacial score (nSPS) is 12.3. The highest BCUT2D eigenvalue weighted by Gasteiger charge is 2.08. The first kappa shape index (κ1) is 13.7. The third kappa shape index (κ3) is 3.61. The van der Waals surface area contributed by atoms with Crippen LogP contribution in [-0.2, 0) is 5.75 Å². The summed E-state index contributed by atoms with van der Waals surface area (Å²) >= 11 is 1.57. The zero-order valence-corrected chi connectivity index (χ0v) is 11.1. The number of halogens is 1. The lowest BCUT2D eigenvalue weighted by molar-refractivity contribution is 0.419. The van der Waals surface area contributed by atoms with Gasteiger partial charge in [0.2, 0.25) is 5.43 Å². The summed E-state index contributed by atoms with van der Waals surface area (Å²) in [5, 5.41) is 9.23. The second-order valence-electron chi connectivity index (χ2n) is 4.10. The fourth-order valence-electron chi connectivity index (χ4n) is 1.56. The highest BCUT2D eigenvalue weighted by atomic mass is 32.2. The maximum absolute atomic E-state index is 12.8. The number of hydrogen-bond acceptors (Lipinski definition) is 4. The van der Waals surface area contributed by atoms with Crippen molar-refractivity contribution in [1.82, 2.24) is 0 Å². The van der Waals surface area contributed by atoms with E-state index in [0.717, 1.165) is 11.8 Å². The zero-order chi connectivity index (χ0) is 13.8. The first-order chi connectivity index (χ1) is 9.06. The van der Waals surface area contributed by atoms with Crippen LogP contribution in [0.4, 0.5) is 4.39 Å². The summed E-state index contributed by atoms with van der Waals surface area (Å²) in [6.07, 6.45) is 1.04. The Morgan fingerprint density at radius 1 is 1.37 bits per heavy atom. The van der Waals surface area contributed by atoms with E-state index in [0.29, 0.717) is 11.5 Å². The van der Waals surface area contributed by atoms with Crippen molar-refractivity contribution in [3.05, 3.63) is 64.0 Å². The van der Waals surface area contributed by atoms with Gasteiger partial charge in [0, 0.05) is 11.3 Å². The van der Waals surface area contributed by atoms with E-state index in [4.69, 9.17) is 9.52 Å². The van der Waals surface area contributed by atoms with Crippen LogP contribution in [0.2, 0.25) is 0 Å². The monoisotopic (exact) mass is 280 g/mol. The molecule has 0 aliphatic rings. The fourth-order valence-corrected chi connectivity index (χ4v) is 2.47. The molecule has 1 atom stereocenters. The summed E-state index contributed by atoms with van der Waals surface area (Å²) in [6.45, 7) is 2.00. The molecule has 1 aromatic carbocycles. The van der Waals surface area contributed by atoms with Crippen LogP contribution in [0.15, 0.2) is 45.8 Å². The third-order valence-electron chi connectivity index (χ3n) is 2.68. The molecule has 0 aliphatic carbocycles. The van der Waals surface area contributed by atoms with E-state index in [1.54, 1.807) is 23.9 Å². The van der Waals surface area contributed by atoms with Gasteiger partial charge in [-0.15, -0.1) is 11.8 Å². The first-order valence-corrected chi connectivity index (χ1v) is 6.79. The van der Waals surface area contributed by atoms with E-state index < -0.39 is 5.43 Å². The maximum Gasteiger partial charge on any atom is 0.226 e. The molecular formula is C14H13FO3S. The Hall–Kier alpha value is -1.75. The van der Waals surface area contributed by atoms with E-state index in [9.17, 15) is 9.18 Å². The largest absolute Gasteiger partial charge is 0.502 e. The number of aromatic hydroxyl groups is 1. The van der Waals surface area contributed by atoms with Crippen molar-refractivity contribution in [1.29, 1.82) is 0 Å². The molecule has 2 rings (SSSR count). The Morgan fingerprint density at radius 3 is 2.68 bits per heavy atom. The Morgan fingerprint density at radius 2 is 2.05 bits per heavy atom. The van der Waals surface area contributed by atoms with Crippen molar-refractivity contribution in [2.45, 2.75) is 17.9 Å². The van der Waals surface area contributed by atoms with Crippen LogP contribution in [0.5, 0.6) is 5.75 Å². The van der Waals surface area contributed by atoms with E-state index in [1.165, 1.54) is 18.2 Å². The minimum Gasteiger partial charge on any atom is -0.502 e. The number of hydrogen-bond donors (Lipinski definition) is 1. The summed E-state index contributed by atoms with van der Waals surface area (Å²) in [5.41, 5.74) is 0.559. The Labute approximate surface area is 114 Å². The van der Waals surface area contributed by atoms with Crippen molar-refractivity contribution >= 4 is 11.8 Å². The number of benzene rings is 1. The summed E-state index contributed by atoms with van der Waals surface area (Å²) in [4.78, 5) is 11.2. The van der Waals surface area contributed by atoms with Gasteiger partial charge >= 0.3 is 0 Å². The van der Waals surface area contributed by atoms with Crippen LogP contribution in [0.25, 0.3) is 0 Å². The molecule has 0 amide bonds.